The first-order valence-corrected chi connectivity index (χ1v) is 8.63. The second-order valence-electron chi connectivity index (χ2n) is 6.57. The minimum Gasteiger partial charge on any atom is -0.497 e. The lowest BCUT2D eigenvalue weighted by molar-refractivity contribution is -0.130. The number of H-pyrrole nitrogens is 1. The van der Waals surface area contributed by atoms with Crippen molar-refractivity contribution in [2.75, 3.05) is 20.2 Å². The topological polar surface area (TPSA) is 83.1 Å². The van der Waals surface area contributed by atoms with Crippen LogP contribution in [0.25, 0.3) is 0 Å². The van der Waals surface area contributed by atoms with Crippen LogP contribution in [-0.2, 0) is 17.6 Å². The Morgan fingerprint density at radius 2 is 2.08 bits per heavy atom. The molecule has 1 amide bonds. The van der Waals surface area contributed by atoms with Crippen molar-refractivity contribution < 1.29 is 9.53 Å². The van der Waals surface area contributed by atoms with Gasteiger partial charge in [-0.2, -0.15) is 5.10 Å². The zero-order valence-electron chi connectivity index (χ0n) is 15.0. The molecule has 7 heteroatoms. The molecule has 1 aromatic carbocycles. The van der Waals surface area contributed by atoms with E-state index in [2.05, 4.69) is 39.2 Å². The van der Waals surface area contributed by atoms with Crippen LogP contribution in [-0.4, -0.2) is 58.3 Å². The Hall–Kier alpha value is -2.41. The molecule has 0 saturated carbocycles. The van der Waals surface area contributed by atoms with Gasteiger partial charge in [0.1, 0.15) is 11.6 Å². The van der Waals surface area contributed by atoms with Gasteiger partial charge in [0, 0.05) is 32.0 Å². The van der Waals surface area contributed by atoms with E-state index >= 15 is 0 Å². The number of aromatic amines is 1. The number of nitrogens with zero attached hydrogens (tertiary/aromatic N) is 3. The van der Waals surface area contributed by atoms with E-state index in [1.54, 1.807) is 7.11 Å². The first kappa shape index (κ1) is 17.4. The highest BCUT2D eigenvalue weighted by atomic mass is 16.5. The summed E-state index contributed by atoms with van der Waals surface area (Å²) in [5.74, 6) is 2.37. The summed E-state index contributed by atoms with van der Waals surface area (Å²) in [6, 6.07) is 7.98. The standard InChI is InChI=1S/C18H25N5O2/c1-12(2)23-9-8-19-18(24)15(23)11-17-20-16(21-22-17)10-13-4-6-14(25-3)7-5-13/h4-7,12,15H,8-11H2,1-3H3,(H,19,24)(H,20,21,22). The molecular formula is C18H25N5O2. The Morgan fingerprint density at radius 1 is 1.32 bits per heavy atom. The maximum absolute atomic E-state index is 12.2. The highest BCUT2D eigenvalue weighted by molar-refractivity contribution is 5.82. The molecule has 0 aliphatic carbocycles. The predicted molar refractivity (Wildman–Crippen MR) is 94.5 cm³/mol. The molecule has 1 aromatic heterocycles. The molecular weight excluding hydrogens is 318 g/mol. The molecule has 134 valence electrons. The second-order valence-corrected chi connectivity index (χ2v) is 6.57. The smallest absolute Gasteiger partial charge is 0.237 e. The van der Waals surface area contributed by atoms with Crippen molar-refractivity contribution in [3.05, 3.63) is 41.5 Å². The lowest BCUT2D eigenvalue weighted by atomic mass is 10.1. The molecule has 2 N–H and O–H groups in total. The number of hydrogen-bond donors (Lipinski definition) is 2. The Morgan fingerprint density at radius 3 is 2.76 bits per heavy atom. The van der Waals surface area contributed by atoms with E-state index in [-0.39, 0.29) is 11.9 Å². The monoisotopic (exact) mass is 343 g/mol. The molecule has 1 aliphatic rings. The summed E-state index contributed by atoms with van der Waals surface area (Å²) < 4.78 is 5.17. The van der Waals surface area contributed by atoms with Crippen molar-refractivity contribution in [2.24, 2.45) is 0 Å². The third kappa shape index (κ3) is 4.17. The fourth-order valence-electron chi connectivity index (χ4n) is 3.18. The molecule has 2 aromatic rings. The SMILES string of the molecule is COc1ccc(Cc2nc(CC3C(=O)NCCN3C(C)C)n[nH]2)cc1. The molecule has 0 radical (unpaired) electrons. The molecule has 0 spiro atoms. The Kier molecular flexibility index (Phi) is 5.33. The number of benzene rings is 1. The zero-order chi connectivity index (χ0) is 17.8. The van der Waals surface area contributed by atoms with Crippen molar-refractivity contribution >= 4 is 5.91 Å². The minimum absolute atomic E-state index is 0.0569. The van der Waals surface area contributed by atoms with Gasteiger partial charge in [0.2, 0.25) is 5.91 Å². The average molecular weight is 343 g/mol. The van der Waals surface area contributed by atoms with E-state index in [0.29, 0.717) is 31.3 Å². The van der Waals surface area contributed by atoms with Gasteiger partial charge in [-0.05, 0) is 31.5 Å². The molecule has 3 rings (SSSR count). The Labute approximate surface area is 147 Å². The largest absolute Gasteiger partial charge is 0.497 e. The molecule has 1 fully saturated rings. The fraction of sp³-hybridized carbons (Fsp3) is 0.500. The quantitative estimate of drug-likeness (QED) is 0.822. The van der Waals surface area contributed by atoms with Gasteiger partial charge in [-0.3, -0.25) is 14.8 Å². The summed E-state index contributed by atoms with van der Waals surface area (Å²) in [5.41, 5.74) is 1.13. The number of nitrogens with one attached hydrogen (secondary N) is 2. The van der Waals surface area contributed by atoms with Crippen LogP contribution >= 0.6 is 0 Å². The highest BCUT2D eigenvalue weighted by Gasteiger charge is 2.32. The number of methoxy groups -OCH3 is 1. The summed E-state index contributed by atoms with van der Waals surface area (Å²) in [7, 11) is 1.65. The van der Waals surface area contributed by atoms with E-state index < -0.39 is 0 Å². The number of rotatable bonds is 6. The van der Waals surface area contributed by atoms with Gasteiger partial charge < -0.3 is 10.1 Å². The van der Waals surface area contributed by atoms with Gasteiger partial charge in [0.25, 0.3) is 0 Å². The second kappa shape index (κ2) is 7.65. The lowest BCUT2D eigenvalue weighted by Gasteiger charge is -2.37. The van der Waals surface area contributed by atoms with Crippen LogP contribution in [0.2, 0.25) is 0 Å². The molecule has 7 nitrogen and oxygen atoms in total. The van der Waals surface area contributed by atoms with Crippen LogP contribution in [0.5, 0.6) is 5.75 Å². The van der Waals surface area contributed by atoms with Crippen LogP contribution in [0.1, 0.15) is 31.1 Å². The van der Waals surface area contributed by atoms with Crippen LogP contribution in [0, 0.1) is 0 Å². The number of carbonyl (C=O) groups is 1. The van der Waals surface area contributed by atoms with Gasteiger partial charge in [-0.15, -0.1) is 0 Å². The van der Waals surface area contributed by atoms with Crippen LogP contribution in [0.4, 0.5) is 0 Å². The summed E-state index contributed by atoms with van der Waals surface area (Å²) in [5, 5.41) is 10.2. The normalized spacial score (nSPS) is 18.4. The molecule has 2 heterocycles. The van der Waals surface area contributed by atoms with E-state index in [0.717, 1.165) is 23.7 Å². The average Bonchev–Trinajstić information content (AvgIpc) is 3.04. The van der Waals surface area contributed by atoms with Crippen molar-refractivity contribution in [1.82, 2.24) is 25.4 Å². The Balaban J connectivity index is 1.66. The maximum Gasteiger partial charge on any atom is 0.237 e. The van der Waals surface area contributed by atoms with Crippen LogP contribution < -0.4 is 10.1 Å². The molecule has 25 heavy (non-hydrogen) atoms. The molecule has 1 aliphatic heterocycles. The highest BCUT2D eigenvalue weighted by Crippen LogP contribution is 2.15. The number of carbonyl (C=O) groups excluding carboxylic acids is 1. The van der Waals surface area contributed by atoms with Gasteiger partial charge in [0.05, 0.1) is 13.2 Å². The first-order valence-electron chi connectivity index (χ1n) is 8.63. The van der Waals surface area contributed by atoms with Gasteiger partial charge in [-0.1, -0.05) is 12.1 Å². The summed E-state index contributed by atoms with van der Waals surface area (Å²) >= 11 is 0. The minimum atomic E-state index is -0.210. The zero-order valence-corrected chi connectivity index (χ0v) is 15.0. The number of piperazine rings is 1. The third-order valence-electron chi connectivity index (χ3n) is 4.52. The number of amides is 1. The summed E-state index contributed by atoms with van der Waals surface area (Å²) in [6.07, 6.45) is 1.19. The molecule has 1 saturated heterocycles. The van der Waals surface area contributed by atoms with Crippen LogP contribution in [0.15, 0.2) is 24.3 Å². The first-order chi connectivity index (χ1) is 12.1. The third-order valence-corrected chi connectivity index (χ3v) is 4.52. The molecule has 0 bridgehead atoms. The maximum atomic E-state index is 12.2. The summed E-state index contributed by atoms with van der Waals surface area (Å²) in [4.78, 5) is 19.0. The van der Waals surface area contributed by atoms with E-state index in [1.165, 1.54) is 0 Å². The van der Waals surface area contributed by atoms with Gasteiger partial charge in [0.15, 0.2) is 5.82 Å². The van der Waals surface area contributed by atoms with E-state index in [1.807, 2.05) is 24.3 Å². The van der Waals surface area contributed by atoms with Gasteiger partial charge in [-0.25, -0.2) is 4.98 Å². The van der Waals surface area contributed by atoms with Crippen molar-refractivity contribution in [3.8, 4) is 5.75 Å². The predicted octanol–water partition coefficient (Wildman–Crippen LogP) is 1.16. The lowest BCUT2D eigenvalue weighted by Crippen LogP contribution is -2.58. The van der Waals surface area contributed by atoms with Crippen molar-refractivity contribution in [2.45, 2.75) is 38.8 Å². The van der Waals surface area contributed by atoms with E-state index in [4.69, 9.17) is 4.74 Å². The number of ether oxygens (including phenoxy) is 1. The van der Waals surface area contributed by atoms with Crippen molar-refractivity contribution in [1.29, 1.82) is 0 Å². The number of hydrogen-bond acceptors (Lipinski definition) is 5. The Bertz CT molecular complexity index is 711. The fourth-order valence-corrected chi connectivity index (χ4v) is 3.18. The van der Waals surface area contributed by atoms with Crippen molar-refractivity contribution in [3.63, 3.8) is 0 Å². The summed E-state index contributed by atoms with van der Waals surface area (Å²) in [6.45, 7) is 5.78. The number of aromatic nitrogens is 3. The van der Waals surface area contributed by atoms with Crippen LogP contribution in [0.3, 0.4) is 0 Å². The van der Waals surface area contributed by atoms with E-state index in [9.17, 15) is 4.79 Å². The molecule has 1 unspecified atom stereocenters. The van der Waals surface area contributed by atoms with Gasteiger partial charge >= 0.3 is 0 Å². The molecule has 1 atom stereocenters.